The predicted octanol–water partition coefficient (Wildman–Crippen LogP) is 3.55. The smallest absolute Gasteiger partial charge is 0.260 e. The number of aromatic nitrogens is 4. The molecule has 3 rings (SSSR count). The molecule has 1 aromatic carbocycles. The standard InChI is InChI=1S/C17H16BrN5O/c1-3-14-8-16(21-11(2)20-14)22-17(24)12-9-19-23(10-12)15-6-4-5-13(18)7-15/h4-10H,3H2,1-2H3,(H,20,21,22,24). The maximum absolute atomic E-state index is 12.4. The summed E-state index contributed by atoms with van der Waals surface area (Å²) in [5.74, 6) is 0.880. The molecule has 122 valence electrons. The molecule has 0 unspecified atom stereocenters. The van der Waals surface area contributed by atoms with E-state index in [2.05, 4.69) is 36.3 Å². The Morgan fingerprint density at radius 2 is 2.12 bits per heavy atom. The Kier molecular flexibility index (Phi) is 4.71. The molecular weight excluding hydrogens is 370 g/mol. The SMILES string of the molecule is CCc1cc(NC(=O)c2cnn(-c3cccc(Br)c3)c2)nc(C)n1. The van der Waals surface area contributed by atoms with Crippen molar-refractivity contribution in [2.75, 3.05) is 5.32 Å². The lowest BCUT2D eigenvalue weighted by Gasteiger charge is -2.05. The molecule has 0 radical (unpaired) electrons. The van der Waals surface area contributed by atoms with Gasteiger partial charge in [-0.05, 0) is 31.5 Å². The second-order valence-corrected chi connectivity index (χ2v) is 6.17. The number of nitrogens with zero attached hydrogens (tertiary/aromatic N) is 4. The largest absolute Gasteiger partial charge is 0.306 e. The number of carbonyl (C=O) groups is 1. The second kappa shape index (κ2) is 6.92. The van der Waals surface area contributed by atoms with Crippen molar-refractivity contribution in [3.8, 4) is 5.69 Å². The molecule has 0 spiro atoms. The van der Waals surface area contributed by atoms with Crippen molar-refractivity contribution in [1.29, 1.82) is 0 Å². The highest BCUT2D eigenvalue weighted by Crippen LogP contribution is 2.16. The monoisotopic (exact) mass is 385 g/mol. The van der Waals surface area contributed by atoms with Crippen molar-refractivity contribution in [1.82, 2.24) is 19.7 Å². The van der Waals surface area contributed by atoms with Gasteiger partial charge in [-0.15, -0.1) is 0 Å². The van der Waals surface area contributed by atoms with Crippen LogP contribution in [-0.2, 0) is 6.42 Å². The number of benzene rings is 1. The molecule has 3 aromatic rings. The first kappa shape index (κ1) is 16.3. The third kappa shape index (κ3) is 3.68. The van der Waals surface area contributed by atoms with Crippen LogP contribution in [0.2, 0.25) is 0 Å². The van der Waals surface area contributed by atoms with Gasteiger partial charge in [0.1, 0.15) is 11.6 Å². The van der Waals surface area contributed by atoms with E-state index in [0.29, 0.717) is 17.2 Å². The molecule has 2 aromatic heterocycles. The molecule has 0 aliphatic rings. The van der Waals surface area contributed by atoms with Gasteiger partial charge >= 0.3 is 0 Å². The zero-order chi connectivity index (χ0) is 17.1. The average molecular weight is 386 g/mol. The zero-order valence-corrected chi connectivity index (χ0v) is 14.9. The highest BCUT2D eigenvalue weighted by Gasteiger charge is 2.11. The second-order valence-electron chi connectivity index (χ2n) is 5.25. The van der Waals surface area contributed by atoms with Crippen LogP contribution in [0.5, 0.6) is 0 Å². The summed E-state index contributed by atoms with van der Waals surface area (Å²) in [6, 6.07) is 9.47. The minimum absolute atomic E-state index is 0.253. The number of nitrogens with one attached hydrogen (secondary N) is 1. The Morgan fingerprint density at radius 3 is 2.88 bits per heavy atom. The van der Waals surface area contributed by atoms with E-state index in [1.54, 1.807) is 23.9 Å². The average Bonchev–Trinajstić information content (AvgIpc) is 3.04. The van der Waals surface area contributed by atoms with Gasteiger partial charge in [0.15, 0.2) is 0 Å². The third-order valence-corrected chi connectivity index (χ3v) is 3.91. The fourth-order valence-corrected chi connectivity index (χ4v) is 2.65. The first-order chi connectivity index (χ1) is 11.5. The first-order valence-corrected chi connectivity index (χ1v) is 8.31. The molecule has 6 nitrogen and oxygen atoms in total. The number of rotatable bonds is 4. The molecule has 0 saturated heterocycles. The summed E-state index contributed by atoms with van der Waals surface area (Å²) in [4.78, 5) is 21.0. The molecule has 0 bridgehead atoms. The molecule has 1 amide bonds. The number of halogens is 1. The Labute approximate surface area is 148 Å². The first-order valence-electron chi connectivity index (χ1n) is 7.51. The Morgan fingerprint density at radius 1 is 1.29 bits per heavy atom. The molecule has 1 N–H and O–H groups in total. The van der Waals surface area contributed by atoms with E-state index in [9.17, 15) is 4.79 Å². The van der Waals surface area contributed by atoms with Crippen LogP contribution >= 0.6 is 15.9 Å². The third-order valence-electron chi connectivity index (χ3n) is 3.41. The summed E-state index contributed by atoms with van der Waals surface area (Å²) in [6.07, 6.45) is 4.00. The Balaban J connectivity index is 1.80. The maximum atomic E-state index is 12.4. The van der Waals surface area contributed by atoms with Crippen LogP contribution in [0.1, 0.15) is 28.8 Å². The van der Waals surface area contributed by atoms with Crippen molar-refractivity contribution in [2.24, 2.45) is 0 Å². The van der Waals surface area contributed by atoms with Gasteiger partial charge in [0.25, 0.3) is 5.91 Å². The normalized spacial score (nSPS) is 10.6. The van der Waals surface area contributed by atoms with Crippen molar-refractivity contribution in [3.05, 3.63) is 64.3 Å². The minimum atomic E-state index is -0.253. The molecule has 7 heteroatoms. The summed E-state index contributed by atoms with van der Waals surface area (Å²) >= 11 is 3.43. The van der Waals surface area contributed by atoms with Crippen molar-refractivity contribution in [2.45, 2.75) is 20.3 Å². The van der Waals surface area contributed by atoms with Gasteiger partial charge in [0.05, 0.1) is 17.4 Å². The number of aryl methyl sites for hydroxylation is 2. The number of anilines is 1. The van der Waals surface area contributed by atoms with Gasteiger partial charge in [-0.2, -0.15) is 5.10 Å². The van der Waals surface area contributed by atoms with Crippen LogP contribution in [0, 0.1) is 6.92 Å². The van der Waals surface area contributed by atoms with E-state index in [-0.39, 0.29) is 5.91 Å². The van der Waals surface area contributed by atoms with Gasteiger partial charge in [-0.25, -0.2) is 14.6 Å². The van der Waals surface area contributed by atoms with Crippen LogP contribution in [-0.4, -0.2) is 25.7 Å². The topological polar surface area (TPSA) is 72.7 Å². The number of carbonyl (C=O) groups excluding carboxylic acids is 1. The lowest BCUT2D eigenvalue weighted by molar-refractivity contribution is 0.102. The number of amides is 1. The van der Waals surface area contributed by atoms with E-state index < -0.39 is 0 Å². The van der Waals surface area contributed by atoms with E-state index >= 15 is 0 Å². The summed E-state index contributed by atoms with van der Waals surface area (Å²) in [5.41, 5.74) is 2.22. The minimum Gasteiger partial charge on any atom is -0.306 e. The highest BCUT2D eigenvalue weighted by atomic mass is 79.9. The molecular formula is C17H16BrN5O. The van der Waals surface area contributed by atoms with E-state index in [1.165, 1.54) is 6.20 Å². The fourth-order valence-electron chi connectivity index (χ4n) is 2.26. The molecule has 0 aliphatic heterocycles. The van der Waals surface area contributed by atoms with Crippen LogP contribution in [0.15, 0.2) is 47.2 Å². The van der Waals surface area contributed by atoms with Crippen molar-refractivity contribution < 1.29 is 4.79 Å². The van der Waals surface area contributed by atoms with Gasteiger partial charge in [0, 0.05) is 22.4 Å². The number of hydrogen-bond acceptors (Lipinski definition) is 4. The van der Waals surface area contributed by atoms with E-state index in [0.717, 1.165) is 22.3 Å². The van der Waals surface area contributed by atoms with E-state index in [1.807, 2.05) is 31.2 Å². The highest BCUT2D eigenvalue weighted by molar-refractivity contribution is 9.10. The van der Waals surface area contributed by atoms with Crippen molar-refractivity contribution in [3.63, 3.8) is 0 Å². The summed E-state index contributed by atoms with van der Waals surface area (Å²) in [7, 11) is 0. The maximum Gasteiger partial charge on any atom is 0.260 e. The molecule has 2 heterocycles. The predicted molar refractivity (Wildman–Crippen MR) is 95.4 cm³/mol. The van der Waals surface area contributed by atoms with E-state index in [4.69, 9.17) is 0 Å². The molecule has 0 saturated carbocycles. The van der Waals surface area contributed by atoms with Gasteiger partial charge in [0.2, 0.25) is 0 Å². The lowest BCUT2D eigenvalue weighted by atomic mass is 10.3. The molecule has 0 atom stereocenters. The van der Waals surface area contributed by atoms with Crippen molar-refractivity contribution >= 4 is 27.7 Å². The van der Waals surface area contributed by atoms with Crippen LogP contribution < -0.4 is 5.32 Å². The summed E-state index contributed by atoms with van der Waals surface area (Å²) in [6.45, 7) is 3.81. The Hall–Kier alpha value is -2.54. The van der Waals surface area contributed by atoms with Gasteiger partial charge in [-0.3, -0.25) is 4.79 Å². The molecule has 0 aliphatic carbocycles. The molecule has 0 fully saturated rings. The van der Waals surface area contributed by atoms with Crippen LogP contribution in [0.25, 0.3) is 5.69 Å². The van der Waals surface area contributed by atoms with Crippen LogP contribution in [0.3, 0.4) is 0 Å². The Bertz CT molecular complexity index is 890. The summed E-state index contributed by atoms with van der Waals surface area (Å²) < 4.78 is 2.60. The number of hydrogen-bond donors (Lipinski definition) is 1. The fraction of sp³-hybridized carbons (Fsp3) is 0.176. The molecule has 24 heavy (non-hydrogen) atoms. The van der Waals surface area contributed by atoms with Gasteiger partial charge < -0.3 is 5.32 Å². The van der Waals surface area contributed by atoms with Gasteiger partial charge in [-0.1, -0.05) is 28.9 Å². The van der Waals surface area contributed by atoms with Crippen LogP contribution in [0.4, 0.5) is 5.82 Å². The lowest BCUT2D eigenvalue weighted by Crippen LogP contribution is -2.13. The zero-order valence-electron chi connectivity index (χ0n) is 13.3. The quantitative estimate of drug-likeness (QED) is 0.745. The summed E-state index contributed by atoms with van der Waals surface area (Å²) in [5, 5.41) is 7.04.